The summed E-state index contributed by atoms with van der Waals surface area (Å²) in [6, 6.07) is 8.37. The van der Waals surface area contributed by atoms with E-state index in [1.54, 1.807) is 0 Å². The van der Waals surface area contributed by atoms with Gasteiger partial charge in [-0.25, -0.2) is 4.98 Å². The van der Waals surface area contributed by atoms with Crippen LogP contribution in [0.3, 0.4) is 0 Å². The Balaban J connectivity index is 1.33. The van der Waals surface area contributed by atoms with Gasteiger partial charge in [-0.3, -0.25) is 4.99 Å². The SMILES string of the molecule is Cc1cc(Nc2ccc3c(c2)C=NC3)nc(N2CC3(CCNCC3)C2)n1. The normalized spacial score (nSPS) is 20.1. The molecule has 4 heterocycles. The van der Waals surface area contributed by atoms with Crippen LogP contribution in [0.1, 0.15) is 29.7 Å². The highest BCUT2D eigenvalue weighted by Crippen LogP contribution is 2.40. The molecule has 2 N–H and O–H groups in total. The van der Waals surface area contributed by atoms with Crippen LogP contribution in [0.15, 0.2) is 29.3 Å². The summed E-state index contributed by atoms with van der Waals surface area (Å²) in [5.74, 6) is 1.70. The first-order valence-corrected chi connectivity index (χ1v) is 9.40. The van der Waals surface area contributed by atoms with Crippen LogP contribution in [0.2, 0.25) is 0 Å². The van der Waals surface area contributed by atoms with Gasteiger partial charge in [0, 0.05) is 42.2 Å². The van der Waals surface area contributed by atoms with E-state index in [0.717, 1.165) is 55.9 Å². The molecule has 0 amide bonds. The average Bonchev–Trinajstić information content (AvgIpc) is 3.07. The number of hydrogen-bond acceptors (Lipinski definition) is 6. The molecule has 0 radical (unpaired) electrons. The van der Waals surface area contributed by atoms with Crippen molar-refractivity contribution in [3.05, 3.63) is 41.1 Å². The molecule has 2 fully saturated rings. The van der Waals surface area contributed by atoms with Crippen LogP contribution in [0, 0.1) is 12.3 Å². The molecule has 26 heavy (non-hydrogen) atoms. The van der Waals surface area contributed by atoms with Gasteiger partial charge >= 0.3 is 0 Å². The lowest BCUT2D eigenvalue weighted by Gasteiger charge is -2.52. The summed E-state index contributed by atoms with van der Waals surface area (Å²) < 4.78 is 0. The molecule has 2 aromatic rings. The Morgan fingerprint density at radius 2 is 1.96 bits per heavy atom. The van der Waals surface area contributed by atoms with E-state index < -0.39 is 0 Å². The topological polar surface area (TPSA) is 65.4 Å². The second kappa shape index (κ2) is 6.06. The number of fused-ring (bicyclic) bond motifs is 1. The smallest absolute Gasteiger partial charge is 0.227 e. The maximum absolute atomic E-state index is 4.78. The highest BCUT2D eigenvalue weighted by atomic mass is 15.3. The van der Waals surface area contributed by atoms with Gasteiger partial charge in [-0.15, -0.1) is 0 Å². The maximum Gasteiger partial charge on any atom is 0.227 e. The lowest BCUT2D eigenvalue weighted by Crippen LogP contribution is -2.60. The number of hydrogen-bond donors (Lipinski definition) is 2. The number of benzene rings is 1. The van der Waals surface area contributed by atoms with E-state index in [2.05, 4.69) is 43.7 Å². The van der Waals surface area contributed by atoms with Gasteiger partial charge in [0.05, 0.1) is 6.54 Å². The molecule has 6 nitrogen and oxygen atoms in total. The Morgan fingerprint density at radius 3 is 2.81 bits per heavy atom. The molecule has 0 bridgehead atoms. The van der Waals surface area contributed by atoms with Gasteiger partial charge in [-0.1, -0.05) is 6.07 Å². The minimum atomic E-state index is 0.477. The molecule has 2 saturated heterocycles. The Hall–Kier alpha value is -2.47. The number of aliphatic imine (C=N–C) groups is 1. The molecule has 3 aliphatic heterocycles. The van der Waals surface area contributed by atoms with Crippen molar-refractivity contribution >= 4 is 23.7 Å². The van der Waals surface area contributed by atoms with Gasteiger partial charge in [0.1, 0.15) is 5.82 Å². The first kappa shape index (κ1) is 15.8. The molecule has 0 saturated carbocycles. The van der Waals surface area contributed by atoms with Crippen molar-refractivity contribution in [3.63, 3.8) is 0 Å². The Kier molecular flexibility index (Phi) is 3.67. The number of rotatable bonds is 3. The van der Waals surface area contributed by atoms with Crippen molar-refractivity contribution in [2.45, 2.75) is 26.3 Å². The number of anilines is 3. The number of aromatic nitrogens is 2. The predicted molar refractivity (Wildman–Crippen MR) is 105 cm³/mol. The van der Waals surface area contributed by atoms with E-state index in [9.17, 15) is 0 Å². The molecular formula is C20H24N6. The minimum Gasteiger partial charge on any atom is -0.340 e. The fourth-order valence-corrected chi connectivity index (χ4v) is 4.26. The first-order valence-electron chi connectivity index (χ1n) is 9.40. The van der Waals surface area contributed by atoms with E-state index >= 15 is 0 Å². The number of aryl methyl sites for hydroxylation is 1. The third-order valence-corrected chi connectivity index (χ3v) is 5.75. The number of nitrogens with zero attached hydrogens (tertiary/aromatic N) is 4. The van der Waals surface area contributed by atoms with Gasteiger partial charge in [-0.2, -0.15) is 4.98 Å². The molecule has 1 aromatic carbocycles. The summed E-state index contributed by atoms with van der Waals surface area (Å²) in [5.41, 5.74) is 4.98. The van der Waals surface area contributed by atoms with Gasteiger partial charge < -0.3 is 15.5 Å². The van der Waals surface area contributed by atoms with Crippen LogP contribution in [0.4, 0.5) is 17.5 Å². The molecule has 3 aliphatic rings. The zero-order valence-electron chi connectivity index (χ0n) is 15.1. The number of piperidine rings is 1. The predicted octanol–water partition coefficient (Wildman–Crippen LogP) is 2.65. The summed E-state index contributed by atoms with van der Waals surface area (Å²) >= 11 is 0. The van der Waals surface area contributed by atoms with Gasteiger partial charge in [0.25, 0.3) is 0 Å². The molecule has 1 spiro atoms. The van der Waals surface area contributed by atoms with Crippen LogP contribution in [0.5, 0.6) is 0 Å². The third kappa shape index (κ3) is 2.84. The molecule has 5 rings (SSSR count). The fourth-order valence-electron chi connectivity index (χ4n) is 4.26. The van der Waals surface area contributed by atoms with Gasteiger partial charge in [-0.05, 0) is 56.1 Å². The lowest BCUT2D eigenvalue weighted by molar-refractivity contribution is 0.148. The van der Waals surface area contributed by atoms with E-state index in [1.165, 1.54) is 24.0 Å². The summed E-state index contributed by atoms with van der Waals surface area (Å²) in [7, 11) is 0. The molecular weight excluding hydrogens is 324 g/mol. The van der Waals surface area contributed by atoms with Crippen LogP contribution in [0.25, 0.3) is 0 Å². The summed E-state index contributed by atoms with van der Waals surface area (Å²) in [6.45, 7) is 7.25. The van der Waals surface area contributed by atoms with E-state index in [4.69, 9.17) is 4.98 Å². The Labute approximate surface area is 153 Å². The largest absolute Gasteiger partial charge is 0.340 e. The van der Waals surface area contributed by atoms with E-state index in [0.29, 0.717) is 5.41 Å². The second-order valence-electron chi connectivity index (χ2n) is 7.81. The maximum atomic E-state index is 4.78. The molecule has 6 heteroatoms. The summed E-state index contributed by atoms with van der Waals surface area (Å²) in [6.07, 6.45) is 4.46. The average molecular weight is 348 g/mol. The van der Waals surface area contributed by atoms with Crippen molar-refractivity contribution in [2.75, 3.05) is 36.4 Å². The Morgan fingerprint density at radius 1 is 1.12 bits per heavy atom. The van der Waals surface area contributed by atoms with Crippen LogP contribution < -0.4 is 15.5 Å². The first-order chi connectivity index (χ1) is 12.7. The van der Waals surface area contributed by atoms with Crippen LogP contribution in [-0.2, 0) is 6.54 Å². The molecule has 1 aromatic heterocycles. The van der Waals surface area contributed by atoms with Crippen molar-refractivity contribution < 1.29 is 0 Å². The van der Waals surface area contributed by atoms with Crippen molar-refractivity contribution in [1.82, 2.24) is 15.3 Å². The fraction of sp³-hybridized carbons (Fsp3) is 0.450. The quantitative estimate of drug-likeness (QED) is 0.893. The number of nitrogens with one attached hydrogen (secondary N) is 2. The van der Waals surface area contributed by atoms with Gasteiger partial charge in [0.2, 0.25) is 5.95 Å². The standard InChI is InChI=1S/C20H24N6/c1-14-8-18(24-17-3-2-15-10-22-11-16(15)9-17)25-19(23-14)26-12-20(13-26)4-6-21-7-5-20/h2-3,8-9,11,21H,4-7,10,12-13H2,1H3,(H,23,24,25). The second-order valence-corrected chi connectivity index (χ2v) is 7.81. The van der Waals surface area contributed by atoms with Gasteiger partial charge in [0.15, 0.2) is 0 Å². The zero-order chi connectivity index (χ0) is 17.6. The monoisotopic (exact) mass is 348 g/mol. The van der Waals surface area contributed by atoms with E-state index in [-0.39, 0.29) is 0 Å². The van der Waals surface area contributed by atoms with Crippen molar-refractivity contribution in [2.24, 2.45) is 10.4 Å². The highest BCUT2D eigenvalue weighted by molar-refractivity contribution is 5.86. The summed E-state index contributed by atoms with van der Waals surface area (Å²) in [5, 5.41) is 6.90. The molecule has 134 valence electrons. The minimum absolute atomic E-state index is 0.477. The molecule has 0 aliphatic carbocycles. The molecule has 0 atom stereocenters. The van der Waals surface area contributed by atoms with E-state index in [1.807, 2.05) is 19.2 Å². The lowest BCUT2D eigenvalue weighted by atomic mass is 9.72. The highest BCUT2D eigenvalue weighted by Gasteiger charge is 2.44. The van der Waals surface area contributed by atoms with Crippen LogP contribution in [-0.4, -0.2) is 42.4 Å². The van der Waals surface area contributed by atoms with Crippen molar-refractivity contribution in [3.8, 4) is 0 Å². The van der Waals surface area contributed by atoms with Crippen molar-refractivity contribution in [1.29, 1.82) is 0 Å². The Bertz CT molecular complexity index is 861. The molecule has 0 unspecified atom stereocenters. The van der Waals surface area contributed by atoms with Crippen LogP contribution >= 0.6 is 0 Å². The zero-order valence-corrected chi connectivity index (χ0v) is 15.1. The third-order valence-electron chi connectivity index (χ3n) is 5.75. The summed E-state index contributed by atoms with van der Waals surface area (Å²) in [4.78, 5) is 16.1.